The van der Waals surface area contributed by atoms with E-state index in [2.05, 4.69) is 0 Å². The number of para-hydroxylation sites is 1. The number of benzene rings is 1. The molecule has 0 spiro atoms. The molecule has 1 aromatic rings. The van der Waals surface area contributed by atoms with E-state index in [0.29, 0.717) is 5.75 Å². The number of rotatable bonds is 3. The molecule has 0 saturated carbocycles. The van der Waals surface area contributed by atoms with Crippen molar-refractivity contribution < 1.29 is 19.1 Å². The van der Waals surface area contributed by atoms with E-state index in [1.807, 2.05) is 18.2 Å². The number of carbonyl (C=O) groups is 2. The van der Waals surface area contributed by atoms with Crippen molar-refractivity contribution in [1.82, 2.24) is 0 Å². The Balaban J connectivity index is 1.73. The minimum atomic E-state index is -1.07. The quantitative estimate of drug-likeness (QED) is 0.724. The molecule has 4 nitrogen and oxygen atoms in total. The van der Waals surface area contributed by atoms with Crippen LogP contribution >= 0.6 is 0 Å². The predicted octanol–water partition coefficient (Wildman–Crippen LogP) is 0.911. The first-order valence-electron chi connectivity index (χ1n) is 5.34. The number of ether oxygens (including phenoxy) is 2. The largest absolute Gasteiger partial charge is 0.490 e. The van der Waals surface area contributed by atoms with E-state index in [4.69, 9.17) is 9.47 Å². The van der Waals surface area contributed by atoms with Gasteiger partial charge in [-0.2, -0.15) is 0 Å². The standard InChI is InChI=1S/C13H10O4/c14-10-6-7-11(15)13(12(10)17-13)8-16-9-4-2-1-3-5-9/h1-7,12H,8H2. The highest BCUT2D eigenvalue weighted by Crippen LogP contribution is 2.41. The fraction of sp³-hybridized carbons (Fsp3) is 0.231. The number of hydrogen-bond donors (Lipinski definition) is 0. The number of fused-ring (bicyclic) bond motifs is 1. The van der Waals surface area contributed by atoms with E-state index in [0.717, 1.165) is 0 Å². The molecule has 2 atom stereocenters. The Hall–Kier alpha value is -1.94. The van der Waals surface area contributed by atoms with Gasteiger partial charge in [-0.15, -0.1) is 0 Å². The van der Waals surface area contributed by atoms with E-state index in [1.54, 1.807) is 12.1 Å². The normalized spacial score (nSPS) is 30.0. The van der Waals surface area contributed by atoms with Gasteiger partial charge in [-0.05, 0) is 24.3 Å². The Bertz CT molecular complexity index is 505. The molecule has 2 aliphatic rings. The van der Waals surface area contributed by atoms with Crippen LogP contribution in [0.3, 0.4) is 0 Å². The highest BCUT2D eigenvalue weighted by molar-refractivity contribution is 6.15. The molecule has 0 amide bonds. The fourth-order valence-electron chi connectivity index (χ4n) is 1.93. The van der Waals surface area contributed by atoms with Crippen molar-refractivity contribution in [3.8, 4) is 5.75 Å². The number of hydrogen-bond acceptors (Lipinski definition) is 4. The summed E-state index contributed by atoms with van der Waals surface area (Å²) < 4.78 is 10.7. The number of carbonyl (C=O) groups excluding carboxylic acids is 2. The van der Waals surface area contributed by atoms with Crippen molar-refractivity contribution in [1.29, 1.82) is 0 Å². The van der Waals surface area contributed by atoms with Gasteiger partial charge in [-0.1, -0.05) is 18.2 Å². The van der Waals surface area contributed by atoms with Crippen LogP contribution in [0, 0.1) is 0 Å². The second kappa shape index (κ2) is 3.53. The molecule has 0 N–H and O–H groups in total. The molecule has 0 radical (unpaired) electrons. The van der Waals surface area contributed by atoms with Crippen LogP contribution in [0.5, 0.6) is 5.75 Å². The van der Waals surface area contributed by atoms with Crippen LogP contribution in [0.25, 0.3) is 0 Å². The van der Waals surface area contributed by atoms with Gasteiger partial charge in [0, 0.05) is 0 Å². The van der Waals surface area contributed by atoms with Gasteiger partial charge in [-0.25, -0.2) is 0 Å². The lowest BCUT2D eigenvalue weighted by atomic mass is 9.93. The second-order valence-electron chi connectivity index (χ2n) is 4.09. The lowest BCUT2D eigenvalue weighted by Gasteiger charge is -2.13. The molecular weight excluding hydrogens is 220 g/mol. The third kappa shape index (κ3) is 1.57. The molecule has 2 unspecified atom stereocenters. The molecule has 0 aromatic heterocycles. The first-order chi connectivity index (χ1) is 8.22. The Labute approximate surface area is 97.8 Å². The smallest absolute Gasteiger partial charge is 0.198 e. The zero-order valence-corrected chi connectivity index (χ0v) is 8.96. The summed E-state index contributed by atoms with van der Waals surface area (Å²) in [4.78, 5) is 23.1. The molecule has 3 rings (SSSR count). The zero-order valence-electron chi connectivity index (χ0n) is 8.96. The summed E-state index contributed by atoms with van der Waals surface area (Å²) in [5.41, 5.74) is -1.07. The van der Waals surface area contributed by atoms with Crippen LogP contribution in [0.1, 0.15) is 0 Å². The molecule has 86 valence electrons. The summed E-state index contributed by atoms with van der Waals surface area (Å²) >= 11 is 0. The monoisotopic (exact) mass is 230 g/mol. The van der Waals surface area contributed by atoms with Gasteiger partial charge in [0.2, 0.25) is 0 Å². The van der Waals surface area contributed by atoms with Crippen LogP contribution in [0.15, 0.2) is 42.5 Å². The highest BCUT2D eigenvalue weighted by atomic mass is 16.6. The van der Waals surface area contributed by atoms with Crippen LogP contribution in [-0.2, 0) is 14.3 Å². The minimum absolute atomic E-state index is 0.0800. The van der Waals surface area contributed by atoms with Crippen molar-refractivity contribution in [2.24, 2.45) is 0 Å². The van der Waals surface area contributed by atoms with Crippen molar-refractivity contribution in [2.75, 3.05) is 6.61 Å². The van der Waals surface area contributed by atoms with E-state index >= 15 is 0 Å². The first kappa shape index (κ1) is 10.2. The summed E-state index contributed by atoms with van der Waals surface area (Å²) in [5, 5.41) is 0. The summed E-state index contributed by atoms with van der Waals surface area (Å²) in [6.07, 6.45) is 1.88. The van der Waals surface area contributed by atoms with Crippen LogP contribution in [-0.4, -0.2) is 29.9 Å². The molecule has 1 heterocycles. The molecule has 1 fully saturated rings. The summed E-state index contributed by atoms with van der Waals surface area (Å²) in [6, 6.07) is 9.13. The minimum Gasteiger partial charge on any atom is -0.490 e. The van der Waals surface area contributed by atoms with Gasteiger partial charge >= 0.3 is 0 Å². The predicted molar refractivity (Wildman–Crippen MR) is 58.7 cm³/mol. The molecular formula is C13H10O4. The SMILES string of the molecule is O=C1C=CC(=O)C2(COc3ccccc3)OC12. The third-order valence-electron chi connectivity index (χ3n) is 2.97. The maximum atomic E-state index is 11.7. The Morgan fingerprint density at radius 2 is 1.94 bits per heavy atom. The summed E-state index contributed by atoms with van der Waals surface area (Å²) in [5.74, 6) is 0.296. The Morgan fingerprint density at radius 3 is 2.71 bits per heavy atom. The van der Waals surface area contributed by atoms with Crippen LogP contribution in [0.4, 0.5) is 0 Å². The van der Waals surface area contributed by atoms with Gasteiger partial charge in [0.25, 0.3) is 0 Å². The van der Waals surface area contributed by atoms with Gasteiger partial charge in [0.15, 0.2) is 23.3 Å². The third-order valence-corrected chi connectivity index (χ3v) is 2.97. The topological polar surface area (TPSA) is 55.9 Å². The average Bonchev–Trinajstić information content (AvgIpc) is 3.11. The maximum Gasteiger partial charge on any atom is 0.198 e. The van der Waals surface area contributed by atoms with Crippen molar-refractivity contribution in [3.63, 3.8) is 0 Å². The van der Waals surface area contributed by atoms with Gasteiger partial charge in [0.1, 0.15) is 12.4 Å². The molecule has 17 heavy (non-hydrogen) atoms. The summed E-state index contributed by atoms with van der Waals surface area (Å²) in [6.45, 7) is 0.0800. The van der Waals surface area contributed by atoms with Crippen LogP contribution in [0.2, 0.25) is 0 Å². The molecule has 4 heteroatoms. The first-order valence-corrected chi connectivity index (χ1v) is 5.34. The Kier molecular flexibility index (Phi) is 2.12. The fourth-order valence-corrected chi connectivity index (χ4v) is 1.93. The number of ketones is 2. The molecule has 1 saturated heterocycles. The Morgan fingerprint density at radius 1 is 1.18 bits per heavy atom. The van der Waals surface area contributed by atoms with E-state index in [9.17, 15) is 9.59 Å². The molecule has 0 bridgehead atoms. The van der Waals surface area contributed by atoms with Gasteiger partial charge < -0.3 is 9.47 Å². The van der Waals surface area contributed by atoms with E-state index in [1.165, 1.54) is 12.2 Å². The van der Waals surface area contributed by atoms with E-state index < -0.39 is 11.7 Å². The highest BCUT2D eigenvalue weighted by Gasteiger charge is 2.66. The molecule has 1 aromatic carbocycles. The molecule has 1 aliphatic heterocycles. The molecule has 1 aliphatic carbocycles. The van der Waals surface area contributed by atoms with Gasteiger partial charge in [0.05, 0.1) is 0 Å². The average molecular weight is 230 g/mol. The lowest BCUT2D eigenvalue weighted by molar-refractivity contribution is -0.122. The summed E-state index contributed by atoms with van der Waals surface area (Å²) in [7, 11) is 0. The van der Waals surface area contributed by atoms with Gasteiger partial charge in [-0.3, -0.25) is 9.59 Å². The van der Waals surface area contributed by atoms with Crippen LogP contribution < -0.4 is 4.74 Å². The maximum absolute atomic E-state index is 11.7. The number of epoxide rings is 1. The van der Waals surface area contributed by atoms with Crippen molar-refractivity contribution >= 4 is 11.6 Å². The van der Waals surface area contributed by atoms with Crippen molar-refractivity contribution in [3.05, 3.63) is 42.5 Å². The van der Waals surface area contributed by atoms with Crippen molar-refractivity contribution in [2.45, 2.75) is 11.7 Å². The second-order valence-corrected chi connectivity index (χ2v) is 4.09. The van der Waals surface area contributed by atoms with E-state index in [-0.39, 0.29) is 18.2 Å². The zero-order chi connectivity index (χ0) is 11.9. The lowest BCUT2D eigenvalue weighted by Crippen LogP contribution is -2.37.